The van der Waals surface area contributed by atoms with Crippen LogP contribution in [0.4, 0.5) is 0 Å². The van der Waals surface area contributed by atoms with E-state index < -0.39 is 0 Å². The van der Waals surface area contributed by atoms with Crippen LogP contribution in [-0.4, -0.2) is 85.3 Å². The minimum Gasteiger partial charge on any atom is -0.391 e. The summed E-state index contributed by atoms with van der Waals surface area (Å²) in [5, 5.41) is 9.71. The lowest BCUT2D eigenvalue weighted by Crippen LogP contribution is -2.19. The van der Waals surface area contributed by atoms with Crippen molar-refractivity contribution in [3.8, 4) is 0 Å². The van der Waals surface area contributed by atoms with Crippen molar-refractivity contribution in [2.24, 2.45) is 0 Å². The predicted octanol–water partition coefficient (Wildman–Crippen LogP) is 0.937. The molecule has 0 aromatic heterocycles. The molecule has 0 aromatic rings. The Bertz CT molecular complexity index is 141. The fourth-order valence-electron chi connectivity index (χ4n) is 0.981. The van der Waals surface area contributed by atoms with E-state index in [0.717, 1.165) is 36.1 Å². The van der Waals surface area contributed by atoms with Gasteiger partial charge in [0.2, 0.25) is 0 Å². The van der Waals surface area contributed by atoms with Gasteiger partial charge in [0, 0.05) is 36.1 Å². The van der Waals surface area contributed by atoms with Gasteiger partial charge in [-0.25, -0.2) is 0 Å². The summed E-state index contributed by atoms with van der Waals surface area (Å²) in [6.45, 7) is 2.18. The standard InChI is InChI=1S/C11H26N2OS2/c1-12(2)5-7-15-9-11(14)10-16-8-6-13(3)4/h11,14H,5-10H2,1-4H3. The molecule has 0 atom stereocenters. The summed E-state index contributed by atoms with van der Waals surface area (Å²) in [6.07, 6.45) is -0.153. The normalized spacial score (nSPS) is 12.0. The van der Waals surface area contributed by atoms with Crippen LogP contribution in [0.25, 0.3) is 0 Å². The second-order valence-corrected chi connectivity index (χ2v) is 6.71. The molecule has 0 aliphatic heterocycles. The maximum atomic E-state index is 9.71. The van der Waals surface area contributed by atoms with E-state index in [4.69, 9.17) is 0 Å². The van der Waals surface area contributed by atoms with Gasteiger partial charge in [0.05, 0.1) is 6.10 Å². The number of hydrogen-bond acceptors (Lipinski definition) is 5. The van der Waals surface area contributed by atoms with E-state index >= 15 is 0 Å². The zero-order valence-corrected chi connectivity index (χ0v) is 12.6. The van der Waals surface area contributed by atoms with Gasteiger partial charge in [0.25, 0.3) is 0 Å². The quantitative estimate of drug-likeness (QED) is 0.594. The smallest absolute Gasteiger partial charge is 0.0720 e. The number of nitrogens with zero attached hydrogens (tertiary/aromatic N) is 2. The van der Waals surface area contributed by atoms with Gasteiger partial charge in [0.15, 0.2) is 0 Å². The van der Waals surface area contributed by atoms with E-state index in [1.807, 2.05) is 23.5 Å². The second-order valence-electron chi connectivity index (χ2n) is 4.41. The molecule has 0 aromatic carbocycles. The summed E-state index contributed by atoms with van der Waals surface area (Å²) in [5.41, 5.74) is 0. The van der Waals surface area contributed by atoms with Gasteiger partial charge in [-0.2, -0.15) is 23.5 Å². The number of rotatable bonds is 10. The van der Waals surface area contributed by atoms with Crippen molar-refractivity contribution in [2.75, 3.05) is 64.3 Å². The summed E-state index contributed by atoms with van der Waals surface area (Å²) < 4.78 is 0. The van der Waals surface area contributed by atoms with Crippen LogP contribution in [0.1, 0.15) is 0 Å². The van der Waals surface area contributed by atoms with Crippen LogP contribution < -0.4 is 0 Å². The third-order valence-electron chi connectivity index (χ3n) is 1.99. The van der Waals surface area contributed by atoms with E-state index in [-0.39, 0.29) is 6.10 Å². The fourth-order valence-corrected chi connectivity index (χ4v) is 3.23. The molecule has 0 heterocycles. The van der Waals surface area contributed by atoms with E-state index in [9.17, 15) is 5.11 Å². The predicted molar refractivity (Wildman–Crippen MR) is 77.8 cm³/mol. The van der Waals surface area contributed by atoms with Crippen LogP contribution in [-0.2, 0) is 0 Å². The molecule has 0 saturated heterocycles. The molecule has 1 N–H and O–H groups in total. The molecule has 0 saturated carbocycles. The molecule has 0 rings (SSSR count). The molecule has 0 amide bonds. The highest BCUT2D eigenvalue weighted by Crippen LogP contribution is 2.09. The number of thioether (sulfide) groups is 2. The Morgan fingerprint density at radius 3 is 1.56 bits per heavy atom. The van der Waals surface area contributed by atoms with Gasteiger partial charge in [-0.05, 0) is 28.2 Å². The first-order valence-electron chi connectivity index (χ1n) is 5.65. The monoisotopic (exact) mass is 266 g/mol. The van der Waals surface area contributed by atoms with E-state index in [1.54, 1.807) is 0 Å². The third-order valence-corrected chi connectivity index (χ3v) is 4.17. The molecular formula is C11H26N2OS2. The zero-order valence-electron chi connectivity index (χ0n) is 11.0. The zero-order chi connectivity index (χ0) is 12.4. The lowest BCUT2D eigenvalue weighted by molar-refractivity contribution is 0.225. The largest absolute Gasteiger partial charge is 0.391 e. The summed E-state index contributed by atoms with van der Waals surface area (Å²) in [5.74, 6) is 3.93. The first-order valence-corrected chi connectivity index (χ1v) is 7.96. The van der Waals surface area contributed by atoms with E-state index in [0.29, 0.717) is 0 Å². The Balaban J connectivity index is 3.21. The number of aliphatic hydroxyl groups excluding tert-OH is 1. The van der Waals surface area contributed by atoms with Crippen LogP contribution in [0.5, 0.6) is 0 Å². The highest BCUT2D eigenvalue weighted by atomic mass is 32.2. The minimum atomic E-state index is -0.153. The Kier molecular flexibility index (Phi) is 11.1. The Morgan fingerprint density at radius 2 is 1.25 bits per heavy atom. The second kappa shape index (κ2) is 10.7. The highest BCUT2D eigenvalue weighted by molar-refractivity contribution is 8.00. The first-order chi connectivity index (χ1) is 7.52. The van der Waals surface area contributed by atoms with Crippen molar-refractivity contribution in [3.05, 3.63) is 0 Å². The van der Waals surface area contributed by atoms with Crippen LogP contribution in [0.2, 0.25) is 0 Å². The lowest BCUT2D eigenvalue weighted by atomic mass is 10.5. The summed E-state index contributed by atoms with van der Waals surface area (Å²) in [7, 11) is 8.31. The van der Waals surface area contributed by atoms with Gasteiger partial charge in [-0.3, -0.25) is 0 Å². The molecule has 3 nitrogen and oxygen atoms in total. The van der Waals surface area contributed by atoms with Gasteiger partial charge in [0.1, 0.15) is 0 Å². The van der Waals surface area contributed by atoms with Gasteiger partial charge >= 0.3 is 0 Å². The molecule has 0 bridgehead atoms. The molecule has 5 heteroatoms. The number of hydrogen-bond donors (Lipinski definition) is 1. The van der Waals surface area contributed by atoms with E-state index in [2.05, 4.69) is 38.0 Å². The molecule has 0 spiro atoms. The minimum absolute atomic E-state index is 0.153. The van der Waals surface area contributed by atoms with Crippen molar-refractivity contribution in [1.82, 2.24) is 9.80 Å². The van der Waals surface area contributed by atoms with Crippen molar-refractivity contribution < 1.29 is 5.11 Å². The van der Waals surface area contributed by atoms with Crippen molar-refractivity contribution in [2.45, 2.75) is 6.10 Å². The average molecular weight is 266 g/mol. The van der Waals surface area contributed by atoms with Crippen molar-refractivity contribution in [3.63, 3.8) is 0 Å². The van der Waals surface area contributed by atoms with Crippen molar-refractivity contribution >= 4 is 23.5 Å². The molecule has 0 aliphatic carbocycles. The average Bonchev–Trinajstić information content (AvgIpc) is 2.19. The molecule has 0 fully saturated rings. The van der Waals surface area contributed by atoms with Crippen LogP contribution in [0.3, 0.4) is 0 Å². The maximum absolute atomic E-state index is 9.71. The highest BCUT2D eigenvalue weighted by Gasteiger charge is 2.04. The fraction of sp³-hybridized carbons (Fsp3) is 1.00. The lowest BCUT2D eigenvalue weighted by Gasteiger charge is -2.13. The SMILES string of the molecule is CN(C)CCSCC(O)CSCCN(C)C. The Hall–Kier alpha value is 0.580. The maximum Gasteiger partial charge on any atom is 0.0720 e. The van der Waals surface area contributed by atoms with E-state index in [1.165, 1.54) is 0 Å². The summed E-state index contributed by atoms with van der Waals surface area (Å²) >= 11 is 3.68. The van der Waals surface area contributed by atoms with Crippen LogP contribution >= 0.6 is 23.5 Å². The number of aliphatic hydroxyl groups is 1. The molecule has 0 unspecified atom stereocenters. The molecule has 0 radical (unpaired) electrons. The Labute approximate surface area is 109 Å². The third kappa shape index (κ3) is 12.6. The van der Waals surface area contributed by atoms with Gasteiger partial charge in [-0.1, -0.05) is 0 Å². The van der Waals surface area contributed by atoms with Crippen LogP contribution in [0, 0.1) is 0 Å². The molecule has 98 valence electrons. The molecular weight excluding hydrogens is 240 g/mol. The molecule has 16 heavy (non-hydrogen) atoms. The molecule has 0 aliphatic rings. The van der Waals surface area contributed by atoms with Crippen LogP contribution in [0.15, 0.2) is 0 Å². The van der Waals surface area contributed by atoms with Gasteiger partial charge < -0.3 is 14.9 Å². The summed E-state index contributed by atoms with van der Waals surface area (Å²) in [6, 6.07) is 0. The first kappa shape index (κ1) is 16.6. The summed E-state index contributed by atoms with van der Waals surface area (Å²) in [4.78, 5) is 4.34. The topological polar surface area (TPSA) is 26.7 Å². The Morgan fingerprint density at radius 1 is 0.875 bits per heavy atom. The van der Waals surface area contributed by atoms with Gasteiger partial charge in [-0.15, -0.1) is 0 Å². The van der Waals surface area contributed by atoms with Crippen molar-refractivity contribution in [1.29, 1.82) is 0 Å².